The molecule has 0 aliphatic rings. The molecule has 136 valence electrons. The summed E-state index contributed by atoms with van der Waals surface area (Å²) in [5, 5.41) is 5.46. The number of rotatable bonds is 5. The number of amides is 4. The zero-order valence-corrected chi connectivity index (χ0v) is 14.7. The summed E-state index contributed by atoms with van der Waals surface area (Å²) < 4.78 is 0. The second-order valence-electron chi connectivity index (χ2n) is 5.95. The Morgan fingerprint density at radius 3 is 1.88 bits per heavy atom. The van der Waals surface area contributed by atoms with Gasteiger partial charge in [0.25, 0.3) is 11.8 Å². The third kappa shape index (κ3) is 5.94. The van der Waals surface area contributed by atoms with Crippen LogP contribution in [0.4, 0.5) is 4.79 Å². The molecule has 0 saturated carbocycles. The Morgan fingerprint density at radius 2 is 1.35 bits per heavy atom. The Morgan fingerprint density at radius 1 is 0.808 bits per heavy atom. The number of carbonyl (C=O) groups is 3. The molecule has 0 spiro atoms. The van der Waals surface area contributed by atoms with Crippen molar-refractivity contribution in [3.63, 3.8) is 0 Å². The highest BCUT2D eigenvalue weighted by Crippen LogP contribution is 2.04. The van der Waals surface area contributed by atoms with Crippen LogP contribution in [0.3, 0.4) is 0 Å². The SMILES string of the molecule is CC(C)NC(=O)NCc1ccc(C(=O)NNC(=O)c2ccccc2)cc1. The van der Waals surface area contributed by atoms with Gasteiger partial charge in [0, 0.05) is 23.7 Å². The maximum atomic E-state index is 12.1. The summed E-state index contributed by atoms with van der Waals surface area (Å²) in [6, 6.07) is 15.1. The van der Waals surface area contributed by atoms with Crippen LogP contribution >= 0.6 is 0 Å². The van der Waals surface area contributed by atoms with Crippen molar-refractivity contribution in [2.75, 3.05) is 0 Å². The molecule has 7 heteroatoms. The normalized spacial score (nSPS) is 10.1. The van der Waals surface area contributed by atoms with Crippen molar-refractivity contribution in [3.8, 4) is 0 Å². The molecule has 7 nitrogen and oxygen atoms in total. The van der Waals surface area contributed by atoms with Crippen molar-refractivity contribution in [2.24, 2.45) is 0 Å². The lowest BCUT2D eigenvalue weighted by atomic mass is 10.1. The highest BCUT2D eigenvalue weighted by Gasteiger charge is 2.09. The van der Waals surface area contributed by atoms with Crippen LogP contribution in [-0.2, 0) is 6.54 Å². The molecule has 26 heavy (non-hydrogen) atoms. The van der Waals surface area contributed by atoms with Gasteiger partial charge in [-0.3, -0.25) is 20.4 Å². The molecule has 0 radical (unpaired) electrons. The fraction of sp³-hybridized carbons (Fsp3) is 0.211. The Balaban J connectivity index is 1.82. The van der Waals surface area contributed by atoms with Gasteiger partial charge in [0.1, 0.15) is 0 Å². The van der Waals surface area contributed by atoms with E-state index in [-0.39, 0.29) is 12.1 Å². The lowest BCUT2D eigenvalue weighted by Crippen LogP contribution is -2.41. The third-order valence-electron chi connectivity index (χ3n) is 3.41. The molecular formula is C19H22N4O3. The molecular weight excluding hydrogens is 332 g/mol. The smallest absolute Gasteiger partial charge is 0.315 e. The van der Waals surface area contributed by atoms with Gasteiger partial charge in [-0.1, -0.05) is 30.3 Å². The first-order valence-corrected chi connectivity index (χ1v) is 8.24. The minimum atomic E-state index is -0.425. The maximum absolute atomic E-state index is 12.1. The van der Waals surface area contributed by atoms with Gasteiger partial charge >= 0.3 is 6.03 Å². The lowest BCUT2D eigenvalue weighted by molar-refractivity contribution is 0.0846. The average Bonchev–Trinajstić information content (AvgIpc) is 2.64. The Labute approximate surface area is 152 Å². The fourth-order valence-corrected chi connectivity index (χ4v) is 2.12. The van der Waals surface area contributed by atoms with Crippen LogP contribution in [0.5, 0.6) is 0 Å². The van der Waals surface area contributed by atoms with Crippen molar-refractivity contribution >= 4 is 17.8 Å². The summed E-state index contributed by atoms with van der Waals surface area (Å²) >= 11 is 0. The van der Waals surface area contributed by atoms with Gasteiger partial charge in [0.15, 0.2) is 0 Å². The van der Waals surface area contributed by atoms with Gasteiger partial charge < -0.3 is 10.6 Å². The highest BCUT2D eigenvalue weighted by molar-refractivity contribution is 5.99. The molecule has 0 fully saturated rings. The quantitative estimate of drug-likeness (QED) is 0.618. The van der Waals surface area contributed by atoms with Gasteiger partial charge in [0.2, 0.25) is 0 Å². The van der Waals surface area contributed by atoms with E-state index in [4.69, 9.17) is 0 Å². The van der Waals surface area contributed by atoms with E-state index in [1.807, 2.05) is 13.8 Å². The second-order valence-corrected chi connectivity index (χ2v) is 5.95. The van der Waals surface area contributed by atoms with Gasteiger partial charge in [0.05, 0.1) is 0 Å². The highest BCUT2D eigenvalue weighted by atomic mass is 16.2. The van der Waals surface area contributed by atoms with E-state index in [1.165, 1.54) is 0 Å². The minimum absolute atomic E-state index is 0.0622. The van der Waals surface area contributed by atoms with Crippen LogP contribution < -0.4 is 21.5 Å². The average molecular weight is 354 g/mol. The van der Waals surface area contributed by atoms with Crippen LogP contribution in [-0.4, -0.2) is 23.9 Å². The summed E-state index contributed by atoms with van der Waals surface area (Å²) in [5.41, 5.74) is 6.44. The van der Waals surface area contributed by atoms with E-state index in [0.29, 0.717) is 17.7 Å². The second kappa shape index (κ2) is 9.22. The molecule has 0 aliphatic carbocycles. The number of hydrogen-bond donors (Lipinski definition) is 4. The lowest BCUT2D eigenvalue weighted by Gasteiger charge is -2.10. The zero-order valence-electron chi connectivity index (χ0n) is 14.7. The first-order valence-electron chi connectivity index (χ1n) is 8.24. The molecule has 4 amide bonds. The predicted molar refractivity (Wildman–Crippen MR) is 98.3 cm³/mol. The number of hydrazine groups is 1. The van der Waals surface area contributed by atoms with Crippen LogP contribution in [0.2, 0.25) is 0 Å². The molecule has 0 saturated heterocycles. The topological polar surface area (TPSA) is 99.3 Å². The Hall–Kier alpha value is -3.35. The minimum Gasteiger partial charge on any atom is -0.336 e. The number of urea groups is 1. The maximum Gasteiger partial charge on any atom is 0.315 e. The Kier molecular flexibility index (Phi) is 6.73. The van der Waals surface area contributed by atoms with Crippen molar-refractivity contribution in [1.29, 1.82) is 0 Å². The van der Waals surface area contributed by atoms with Crippen molar-refractivity contribution in [1.82, 2.24) is 21.5 Å². The van der Waals surface area contributed by atoms with Crippen LogP contribution in [0.1, 0.15) is 40.1 Å². The predicted octanol–water partition coefficient (Wildman–Crippen LogP) is 1.97. The van der Waals surface area contributed by atoms with E-state index in [2.05, 4.69) is 21.5 Å². The summed E-state index contributed by atoms with van der Waals surface area (Å²) in [6.07, 6.45) is 0. The van der Waals surface area contributed by atoms with Crippen molar-refractivity contribution in [3.05, 3.63) is 71.3 Å². The molecule has 0 heterocycles. The summed E-state index contributed by atoms with van der Waals surface area (Å²) in [5.74, 6) is -0.817. The fourth-order valence-electron chi connectivity index (χ4n) is 2.12. The van der Waals surface area contributed by atoms with Gasteiger partial charge in [-0.25, -0.2) is 4.79 Å². The molecule has 2 aromatic rings. The van der Waals surface area contributed by atoms with E-state index >= 15 is 0 Å². The molecule has 0 atom stereocenters. The van der Waals surface area contributed by atoms with Crippen LogP contribution in [0.15, 0.2) is 54.6 Å². The van der Waals surface area contributed by atoms with Crippen molar-refractivity contribution in [2.45, 2.75) is 26.4 Å². The number of benzene rings is 2. The number of hydrogen-bond acceptors (Lipinski definition) is 3. The van der Waals surface area contributed by atoms with E-state index < -0.39 is 11.8 Å². The summed E-state index contributed by atoms with van der Waals surface area (Å²) in [6.45, 7) is 4.11. The first kappa shape index (κ1) is 19.0. The van der Waals surface area contributed by atoms with Gasteiger partial charge in [-0.05, 0) is 43.7 Å². The van der Waals surface area contributed by atoms with Gasteiger partial charge in [-0.15, -0.1) is 0 Å². The molecule has 0 aromatic heterocycles. The van der Waals surface area contributed by atoms with Gasteiger partial charge in [-0.2, -0.15) is 0 Å². The van der Waals surface area contributed by atoms with Crippen molar-refractivity contribution < 1.29 is 14.4 Å². The molecule has 4 N–H and O–H groups in total. The van der Waals surface area contributed by atoms with Crippen LogP contribution in [0, 0.1) is 0 Å². The van der Waals surface area contributed by atoms with Crippen LogP contribution in [0.25, 0.3) is 0 Å². The molecule has 2 aromatic carbocycles. The number of carbonyl (C=O) groups excluding carboxylic acids is 3. The number of nitrogens with one attached hydrogen (secondary N) is 4. The standard InChI is InChI=1S/C19H22N4O3/c1-13(2)21-19(26)20-12-14-8-10-16(11-9-14)18(25)23-22-17(24)15-6-4-3-5-7-15/h3-11,13H,12H2,1-2H3,(H,22,24)(H,23,25)(H2,20,21,26). The zero-order chi connectivity index (χ0) is 18.9. The molecule has 2 rings (SSSR count). The van der Waals surface area contributed by atoms with E-state index in [0.717, 1.165) is 5.56 Å². The molecule has 0 aliphatic heterocycles. The third-order valence-corrected chi connectivity index (χ3v) is 3.41. The van der Waals surface area contributed by atoms with E-state index in [9.17, 15) is 14.4 Å². The largest absolute Gasteiger partial charge is 0.336 e. The first-order chi connectivity index (χ1) is 12.5. The monoisotopic (exact) mass is 354 g/mol. The van der Waals surface area contributed by atoms with E-state index in [1.54, 1.807) is 54.6 Å². The summed E-state index contributed by atoms with van der Waals surface area (Å²) in [7, 11) is 0. The Bertz CT molecular complexity index is 758. The summed E-state index contributed by atoms with van der Waals surface area (Å²) in [4.78, 5) is 35.5. The molecule has 0 bridgehead atoms. The molecule has 0 unspecified atom stereocenters.